The first-order valence-electron chi connectivity index (χ1n) is 9.11. The van der Waals surface area contributed by atoms with Crippen LogP contribution in [0.25, 0.3) is 0 Å². The van der Waals surface area contributed by atoms with Gasteiger partial charge in [0.25, 0.3) is 0 Å². The number of aliphatic imine (C=N–C) groups is 1. The van der Waals surface area contributed by atoms with Crippen molar-refractivity contribution in [3.8, 4) is 0 Å². The van der Waals surface area contributed by atoms with Crippen LogP contribution in [0.3, 0.4) is 0 Å². The summed E-state index contributed by atoms with van der Waals surface area (Å²) < 4.78 is 5.62. The highest BCUT2D eigenvalue weighted by molar-refractivity contribution is 5.80. The van der Waals surface area contributed by atoms with Gasteiger partial charge in [-0.15, -0.1) is 0 Å². The minimum absolute atomic E-state index is 0.228. The minimum atomic E-state index is 0.228. The van der Waals surface area contributed by atoms with Crippen LogP contribution in [-0.2, 0) is 4.74 Å². The molecule has 3 fully saturated rings. The van der Waals surface area contributed by atoms with Crippen molar-refractivity contribution in [2.45, 2.75) is 57.5 Å². The van der Waals surface area contributed by atoms with Gasteiger partial charge in [0.1, 0.15) is 0 Å². The topological polar surface area (TPSA) is 48.9 Å². The Morgan fingerprint density at radius 2 is 1.95 bits per heavy atom. The van der Waals surface area contributed by atoms with E-state index in [1.807, 2.05) is 0 Å². The molecule has 2 N–H and O–H groups in total. The number of nitrogens with zero attached hydrogens (tertiary/aromatic N) is 2. The van der Waals surface area contributed by atoms with Crippen LogP contribution in [0.5, 0.6) is 0 Å². The molecule has 0 radical (unpaired) electrons. The molecule has 5 nitrogen and oxygen atoms in total. The maximum Gasteiger partial charge on any atom is 0.191 e. The molecule has 0 amide bonds. The van der Waals surface area contributed by atoms with Gasteiger partial charge in [-0.25, -0.2) is 0 Å². The molecule has 126 valence electrons. The van der Waals surface area contributed by atoms with Crippen molar-refractivity contribution in [2.75, 3.05) is 39.4 Å². The number of rotatable bonds is 5. The van der Waals surface area contributed by atoms with E-state index >= 15 is 0 Å². The van der Waals surface area contributed by atoms with E-state index in [4.69, 9.17) is 9.73 Å². The van der Waals surface area contributed by atoms with Gasteiger partial charge in [0.15, 0.2) is 5.96 Å². The van der Waals surface area contributed by atoms with Gasteiger partial charge < -0.3 is 15.4 Å². The predicted octanol–water partition coefficient (Wildman–Crippen LogP) is 1.59. The molecule has 2 unspecified atom stereocenters. The molecule has 2 atom stereocenters. The zero-order valence-electron chi connectivity index (χ0n) is 14.2. The van der Waals surface area contributed by atoms with Crippen molar-refractivity contribution in [3.05, 3.63) is 0 Å². The predicted molar refractivity (Wildman–Crippen MR) is 90.3 cm³/mol. The molecule has 0 spiro atoms. The van der Waals surface area contributed by atoms with E-state index in [1.165, 1.54) is 32.4 Å². The van der Waals surface area contributed by atoms with Gasteiger partial charge in [0.2, 0.25) is 0 Å². The summed E-state index contributed by atoms with van der Waals surface area (Å²) in [5.74, 6) is 1.79. The molecule has 2 saturated heterocycles. The molecule has 22 heavy (non-hydrogen) atoms. The van der Waals surface area contributed by atoms with E-state index in [-0.39, 0.29) is 5.54 Å². The van der Waals surface area contributed by atoms with E-state index in [0.29, 0.717) is 6.04 Å². The number of hydrogen-bond acceptors (Lipinski definition) is 3. The van der Waals surface area contributed by atoms with Crippen LogP contribution in [0.2, 0.25) is 0 Å². The minimum Gasteiger partial charge on any atom is -0.381 e. The van der Waals surface area contributed by atoms with Crippen molar-refractivity contribution in [1.29, 1.82) is 0 Å². The molecule has 5 heteroatoms. The van der Waals surface area contributed by atoms with Crippen LogP contribution in [0.1, 0.15) is 46.0 Å². The number of guanidine groups is 1. The van der Waals surface area contributed by atoms with E-state index in [2.05, 4.69) is 29.4 Å². The average molecular weight is 308 g/mol. The van der Waals surface area contributed by atoms with Crippen LogP contribution < -0.4 is 10.6 Å². The highest BCUT2D eigenvalue weighted by Gasteiger charge is 2.40. The maximum absolute atomic E-state index is 5.62. The Kier molecular flexibility index (Phi) is 5.24. The van der Waals surface area contributed by atoms with Crippen LogP contribution >= 0.6 is 0 Å². The van der Waals surface area contributed by atoms with Crippen molar-refractivity contribution in [2.24, 2.45) is 10.9 Å². The Labute approximate surface area is 134 Å². The zero-order valence-corrected chi connectivity index (χ0v) is 14.2. The standard InChI is InChI=1S/C17H32N4O/c1-3-18-16(20-15-12-14(15)2)19-13-17(6-10-22-11-7-17)21-8-4-5-9-21/h14-15H,3-13H2,1-2H3,(H2,18,19,20). The fraction of sp³-hybridized carbons (Fsp3) is 0.941. The fourth-order valence-corrected chi connectivity index (χ4v) is 3.76. The molecular formula is C17H32N4O. The molecule has 0 aromatic carbocycles. The second-order valence-corrected chi connectivity index (χ2v) is 7.19. The monoisotopic (exact) mass is 308 g/mol. The first kappa shape index (κ1) is 16.1. The first-order valence-corrected chi connectivity index (χ1v) is 9.11. The van der Waals surface area contributed by atoms with Crippen molar-refractivity contribution >= 4 is 5.96 Å². The Hall–Kier alpha value is -0.810. The molecule has 0 aromatic rings. The summed E-state index contributed by atoms with van der Waals surface area (Å²) in [4.78, 5) is 7.65. The maximum atomic E-state index is 5.62. The lowest BCUT2D eigenvalue weighted by Crippen LogP contribution is -2.54. The number of nitrogens with one attached hydrogen (secondary N) is 2. The third kappa shape index (κ3) is 3.74. The Morgan fingerprint density at radius 1 is 1.27 bits per heavy atom. The third-order valence-electron chi connectivity index (χ3n) is 5.51. The van der Waals surface area contributed by atoms with E-state index in [1.54, 1.807) is 0 Å². The summed E-state index contributed by atoms with van der Waals surface area (Å²) >= 11 is 0. The highest BCUT2D eigenvalue weighted by Crippen LogP contribution is 2.32. The summed E-state index contributed by atoms with van der Waals surface area (Å²) in [6.45, 7) is 10.5. The van der Waals surface area contributed by atoms with E-state index < -0.39 is 0 Å². The normalized spacial score (nSPS) is 32.0. The van der Waals surface area contributed by atoms with Gasteiger partial charge in [-0.1, -0.05) is 6.92 Å². The molecule has 0 bridgehead atoms. The van der Waals surface area contributed by atoms with Gasteiger partial charge in [0.05, 0.1) is 6.54 Å². The Morgan fingerprint density at radius 3 is 2.55 bits per heavy atom. The average Bonchev–Trinajstić information content (AvgIpc) is 3.02. The SMILES string of the molecule is CCNC(=NCC1(N2CCCC2)CCOCC1)NC1CC1C. The molecule has 1 aliphatic carbocycles. The summed E-state index contributed by atoms with van der Waals surface area (Å²) in [7, 11) is 0. The Balaban J connectivity index is 1.66. The van der Waals surface area contributed by atoms with Crippen LogP contribution in [0.15, 0.2) is 4.99 Å². The van der Waals surface area contributed by atoms with Crippen molar-refractivity contribution < 1.29 is 4.74 Å². The van der Waals surface area contributed by atoms with Gasteiger partial charge in [0, 0.05) is 31.3 Å². The smallest absolute Gasteiger partial charge is 0.191 e. The second kappa shape index (κ2) is 7.18. The van der Waals surface area contributed by atoms with Crippen molar-refractivity contribution in [1.82, 2.24) is 15.5 Å². The molecular weight excluding hydrogens is 276 g/mol. The highest BCUT2D eigenvalue weighted by atomic mass is 16.5. The van der Waals surface area contributed by atoms with E-state index in [0.717, 1.165) is 51.0 Å². The molecule has 2 heterocycles. The Bertz CT molecular complexity index is 386. The second-order valence-electron chi connectivity index (χ2n) is 7.19. The zero-order chi connectivity index (χ0) is 15.4. The van der Waals surface area contributed by atoms with Crippen LogP contribution in [-0.4, -0.2) is 61.8 Å². The van der Waals surface area contributed by atoms with Gasteiger partial charge in [-0.3, -0.25) is 9.89 Å². The summed E-state index contributed by atoms with van der Waals surface area (Å²) in [6, 6.07) is 0.621. The van der Waals surface area contributed by atoms with Gasteiger partial charge in [-0.05, 0) is 58.0 Å². The van der Waals surface area contributed by atoms with Crippen LogP contribution in [0.4, 0.5) is 0 Å². The first-order chi connectivity index (χ1) is 10.7. The third-order valence-corrected chi connectivity index (χ3v) is 5.51. The lowest BCUT2D eigenvalue weighted by atomic mass is 9.88. The number of likely N-dealkylation sites (tertiary alicyclic amines) is 1. The molecule has 2 aliphatic heterocycles. The number of ether oxygens (including phenoxy) is 1. The summed E-state index contributed by atoms with van der Waals surface area (Å²) in [5, 5.41) is 6.99. The lowest BCUT2D eigenvalue weighted by molar-refractivity contribution is -0.0139. The largest absolute Gasteiger partial charge is 0.381 e. The lowest BCUT2D eigenvalue weighted by Gasteiger charge is -2.43. The number of hydrogen-bond donors (Lipinski definition) is 2. The quantitative estimate of drug-likeness (QED) is 0.598. The van der Waals surface area contributed by atoms with Gasteiger partial charge in [-0.2, -0.15) is 0 Å². The summed E-state index contributed by atoms with van der Waals surface area (Å²) in [6.07, 6.45) is 6.19. The molecule has 3 aliphatic rings. The molecule has 0 aromatic heterocycles. The van der Waals surface area contributed by atoms with Gasteiger partial charge >= 0.3 is 0 Å². The summed E-state index contributed by atoms with van der Waals surface area (Å²) in [5.41, 5.74) is 0.228. The molecule has 1 saturated carbocycles. The fourth-order valence-electron chi connectivity index (χ4n) is 3.76. The van der Waals surface area contributed by atoms with Crippen LogP contribution in [0, 0.1) is 5.92 Å². The van der Waals surface area contributed by atoms with E-state index in [9.17, 15) is 0 Å². The van der Waals surface area contributed by atoms with Crippen molar-refractivity contribution in [3.63, 3.8) is 0 Å². The molecule has 3 rings (SSSR count).